The average molecular weight is 263 g/mol. The van der Waals surface area contributed by atoms with E-state index in [1.165, 1.54) is 37.2 Å². The molecule has 1 N–H and O–H groups in total. The summed E-state index contributed by atoms with van der Waals surface area (Å²) in [5.74, 6) is 6.62. The largest absolute Gasteiger partial charge is 0.384 e. The van der Waals surface area contributed by atoms with Crippen molar-refractivity contribution in [1.82, 2.24) is 4.90 Å². The van der Waals surface area contributed by atoms with Crippen molar-refractivity contribution in [2.45, 2.75) is 32.7 Å². The van der Waals surface area contributed by atoms with Gasteiger partial charge in [-0.15, -0.1) is 11.3 Å². The van der Waals surface area contributed by atoms with Crippen LogP contribution in [0, 0.1) is 17.8 Å². The molecule has 1 heterocycles. The van der Waals surface area contributed by atoms with E-state index in [0.29, 0.717) is 0 Å². The monoisotopic (exact) mass is 263 g/mol. The summed E-state index contributed by atoms with van der Waals surface area (Å²) >= 11 is 1.75. The maximum absolute atomic E-state index is 8.68. The van der Waals surface area contributed by atoms with Gasteiger partial charge in [0.25, 0.3) is 0 Å². The third kappa shape index (κ3) is 4.45. The Balaban J connectivity index is 1.90. The van der Waals surface area contributed by atoms with Crippen molar-refractivity contribution in [3.63, 3.8) is 0 Å². The molecule has 2 nitrogen and oxygen atoms in total. The fourth-order valence-corrected chi connectivity index (χ4v) is 3.02. The van der Waals surface area contributed by atoms with Crippen LogP contribution >= 0.6 is 11.3 Å². The van der Waals surface area contributed by atoms with Gasteiger partial charge in [0.2, 0.25) is 0 Å². The van der Waals surface area contributed by atoms with Gasteiger partial charge in [0.1, 0.15) is 6.61 Å². The second-order valence-electron chi connectivity index (χ2n) is 4.90. The number of hydrogen-bond acceptors (Lipinski definition) is 3. The molecule has 0 bridgehead atoms. The van der Waals surface area contributed by atoms with E-state index in [4.69, 9.17) is 5.11 Å². The topological polar surface area (TPSA) is 23.5 Å². The summed E-state index contributed by atoms with van der Waals surface area (Å²) in [5.41, 5.74) is 0. The quantitative estimate of drug-likeness (QED) is 0.798. The molecule has 0 spiro atoms. The van der Waals surface area contributed by atoms with E-state index in [1.54, 1.807) is 11.3 Å². The molecule has 1 aromatic rings. The van der Waals surface area contributed by atoms with Gasteiger partial charge in [0.05, 0.1) is 4.88 Å². The minimum absolute atomic E-state index is 0.0587. The summed E-state index contributed by atoms with van der Waals surface area (Å²) in [7, 11) is 0. The molecule has 0 amide bonds. The van der Waals surface area contributed by atoms with Crippen LogP contribution in [0.5, 0.6) is 0 Å². The highest BCUT2D eigenvalue weighted by atomic mass is 32.1. The number of thiophene rings is 1. The third-order valence-electron chi connectivity index (χ3n) is 3.08. The summed E-state index contributed by atoms with van der Waals surface area (Å²) in [6.07, 6.45) is 4.05. The van der Waals surface area contributed by atoms with E-state index in [1.807, 2.05) is 0 Å². The third-order valence-corrected chi connectivity index (χ3v) is 4.07. The molecule has 0 saturated heterocycles. The highest BCUT2D eigenvalue weighted by molar-refractivity contribution is 7.12. The molecule has 1 aliphatic rings. The van der Waals surface area contributed by atoms with Crippen LogP contribution < -0.4 is 0 Å². The number of aliphatic hydroxyl groups excluding tert-OH is 1. The normalized spacial score (nSPS) is 14.6. The standard InChI is InChI=1S/C15H21NOS/c1-2-9-16(11-13-5-6-13)12-15-8-7-14(18-15)4-3-10-17/h7-8,13,17H,2,5-6,9-12H2,1H3. The van der Waals surface area contributed by atoms with Gasteiger partial charge in [0, 0.05) is 18.0 Å². The van der Waals surface area contributed by atoms with Crippen LogP contribution in [0.2, 0.25) is 0 Å². The Hall–Kier alpha value is -0.820. The van der Waals surface area contributed by atoms with Crippen molar-refractivity contribution in [2.75, 3.05) is 19.7 Å². The zero-order chi connectivity index (χ0) is 12.8. The lowest BCUT2D eigenvalue weighted by Gasteiger charge is -2.20. The van der Waals surface area contributed by atoms with Gasteiger partial charge in [-0.05, 0) is 43.9 Å². The molecule has 0 aromatic carbocycles. The molecule has 0 radical (unpaired) electrons. The summed E-state index contributed by atoms with van der Waals surface area (Å²) in [6.45, 7) is 5.68. The Kier molecular flexibility index (Phi) is 5.25. The van der Waals surface area contributed by atoms with Crippen molar-refractivity contribution in [3.8, 4) is 11.8 Å². The smallest absolute Gasteiger partial charge is 0.104 e. The van der Waals surface area contributed by atoms with Gasteiger partial charge in [-0.3, -0.25) is 4.90 Å². The Labute approximate surface area is 114 Å². The Morgan fingerprint density at radius 1 is 1.44 bits per heavy atom. The van der Waals surface area contributed by atoms with E-state index in [9.17, 15) is 0 Å². The summed E-state index contributed by atoms with van der Waals surface area (Å²) in [6, 6.07) is 4.23. The zero-order valence-electron chi connectivity index (χ0n) is 11.0. The van der Waals surface area contributed by atoms with Crippen LogP contribution in [0.25, 0.3) is 0 Å². The first kappa shape index (κ1) is 13.6. The molecule has 18 heavy (non-hydrogen) atoms. The summed E-state index contributed by atoms with van der Waals surface area (Å²) in [4.78, 5) is 5.00. The molecule has 2 rings (SSSR count). The van der Waals surface area contributed by atoms with E-state index < -0.39 is 0 Å². The molecule has 1 aromatic heterocycles. The van der Waals surface area contributed by atoms with Crippen LogP contribution in [0.3, 0.4) is 0 Å². The zero-order valence-corrected chi connectivity index (χ0v) is 11.8. The van der Waals surface area contributed by atoms with E-state index in [0.717, 1.165) is 17.3 Å². The second kappa shape index (κ2) is 6.94. The highest BCUT2D eigenvalue weighted by Gasteiger charge is 2.24. The average Bonchev–Trinajstić information content (AvgIpc) is 3.05. The molecule has 98 valence electrons. The molecule has 0 aliphatic heterocycles. The van der Waals surface area contributed by atoms with Crippen LogP contribution in [-0.2, 0) is 6.54 Å². The summed E-state index contributed by atoms with van der Waals surface area (Å²) in [5, 5.41) is 8.68. The first-order valence-electron chi connectivity index (χ1n) is 6.72. The lowest BCUT2D eigenvalue weighted by atomic mass is 10.3. The lowest BCUT2D eigenvalue weighted by molar-refractivity contribution is 0.257. The molecule has 0 unspecified atom stereocenters. The van der Waals surface area contributed by atoms with Crippen LogP contribution in [0.15, 0.2) is 12.1 Å². The van der Waals surface area contributed by atoms with Crippen molar-refractivity contribution in [2.24, 2.45) is 5.92 Å². The lowest BCUT2D eigenvalue weighted by Crippen LogP contribution is -2.25. The predicted octanol–water partition coefficient (Wildman–Crippen LogP) is 2.71. The summed E-state index contributed by atoms with van der Waals surface area (Å²) < 4.78 is 0. The number of hydrogen-bond donors (Lipinski definition) is 1. The Bertz CT molecular complexity index is 425. The molecule has 1 aliphatic carbocycles. The van der Waals surface area contributed by atoms with E-state index >= 15 is 0 Å². The second-order valence-corrected chi connectivity index (χ2v) is 6.07. The fraction of sp³-hybridized carbons (Fsp3) is 0.600. The fourth-order valence-electron chi connectivity index (χ4n) is 2.09. The Morgan fingerprint density at radius 3 is 2.94 bits per heavy atom. The number of nitrogens with zero attached hydrogens (tertiary/aromatic N) is 1. The minimum atomic E-state index is -0.0587. The molecular formula is C15H21NOS. The first-order valence-corrected chi connectivity index (χ1v) is 7.54. The number of rotatable bonds is 6. The van der Waals surface area contributed by atoms with Crippen molar-refractivity contribution in [3.05, 3.63) is 21.9 Å². The van der Waals surface area contributed by atoms with Gasteiger partial charge in [-0.25, -0.2) is 0 Å². The van der Waals surface area contributed by atoms with Crippen LogP contribution in [0.4, 0.5) is 0 Å². The van der Waals surface area contributed by atoms with Gasteiger partial charge in [-0.2, -0.15) is 0 Å². The maximum Gasteiger partial charge on any atom is 0.104 e. The van der Waals surface area contributed by atoms with E-state index in [2.05, 4.69) is 35.8 Å². The molecular weight excluding hydrogens is 242 g/mol. The molecule has 0 atom stereocenters. The van der Waals surface area contributed by atoms with E-state index in [-0.39, 0.29) is 6.61 Å². The molecule has 1 fully saturated rings. The Morgan fingerprint density at radius 2 is 2.28 bits per heavy atom. The van der Waals surface area contributed by atoms with Gasteiger partial charge in [-0.1, -0.05) is 18.8 Å². The first-order chi connectivity index (χ1) is 8.81. The predicted molar refractivity (Wildman–Crippen MR) is 76.6 cm³/mol. The van der Waals surface area contributed by atoms with Gasteiger partial charge in [0.15, 0.2) is 0 Å². The minimum Gasteiger partial charge on any atom is -0.384 e. The van der Waals surface area contributed by atoms with Crippen molar-refractivity contribution in [1.29, 1.82) is 0 Å². The van der Waals surface area contributed by atoms with Crippen molar-refractivity contribution < 1.29 is 5.11 Å². The maximum atomic E-state index is 8.68. The van der Waals surface area contributed by atoms with Crippen LogP contribution in [-0.4, -0.2) is 29.7 Å². The SMILES string of the molecule is CCCN(Cc1ccc(C#CCO)s1)CC1CC1. The van der Waals surface area contributed by atoms with Crippen LogP contribution in [0.1, 0.15) is 35.9 Å². The molecule has 3 heteroatoms. The molecule has 1 saturated carbocycles. The highest BCUT2D eigenvalue weighted by Crippen LogP contribution is 2.30. The van der Waals surface area contributed by atoms with Crippen molar-refractivity contribution >= 4 is 11.3 Å². The van der Waals surface area contributed by atoms with Gasteiger partial charge >= 0.3 is 0 Å². The number of aliphatic hydroxyl groups is 1. The van der Waals surface area contributed by atoms with Gasteiger partial charge < -0.3 is 5.11 Å².